The largest absolute Gasteiger partial charge is 0.478 e. The molecule has 0 fully saturated rings. The minimum absolute atomic E-state index is 0.827. The van der Waals surface area contributed by atoms with Crippen molar-refractivity contribution in [2.75, 3.05) is 0 Å². The number of thioether (sulfide) groups is 1. The Balaban J connectivity index is 2.26. The van der Waals surface area contributed by atoms with E-state index in [-0.39, 0.29) is 0 Å². The van der Waals surface area contributed by atoms with E-state index in [1.807, 2.05) is 29.6 Å². The summed E-state index contributed by atoms with van der Waals surface area (Å²) in [4.78, 5) is 13.3. The molecule has 0 radical (unpaired) electrons. The maximum atomic E-state index is 11.0. The summed E-state index contributed by atoms with van der Waals surface area (Å²) in [6.45, 7) is 0. The third-order valence-electron chi connectivity index (χ3n) is 2.82. The lowest BCUT2D eigenvalue weighted by Gasteiger charge is -2.07. The molecule has 0 spiro atoms. The fraction of sp³-hybridized carbons (Fsp3) is 0.0714. The summed E-state index contributed by atoms with van der Waals surface area (Å²) in [5.41, 5.74) is 3.06. The van der Waals surface area contributed by atoms with E-state index in [1.54, 1.807) is 23.1 Å². The van der Waals surface area contributed by atoms with Crippen molar-refractivity contribution >= 4 is 34.6 Å². The molecule has 0 unspecified atom stereocenters. The van der Waals surface area contributed by atoms with Gasteiger partial charge < -0.3 is 5.11 Å². The molecule has 1 aliphatic heterocycles. The number of carboxylic acids is 1. The Morgan fingerprint density at radius 3 is 2.94 bits per heavy atom. The second kappa shape index (κ2) is 4.63. The number of hydrogen-bond donors (Lipinski definition) is 1. The lowest BCUT2D eigenvalue weighted by atomic mass is 10.0. The maximum Gasteiger partial charge on any atom is 0.328 e. The molecule has 0 saturated heterocycles. The van der Waals surface area contributed by atoms with Crippen molar-refractivity contribution < 1.29 is 9.90 Å². The predicted octanol–water partition coefficient (Wildman–Crippen LogP) is 3.87. The van der Waals surface area contributed by atoms with Crippen LogP contribution in [0.25, 0.3) is 5.57 Å². The van der Waals surface area contributed by atoms with E-state index in [0.29, 0.717) is 0 Å². The van der Waals surface area contributed by atoms with Crippen LogP contribution in [0.1, 0.15) is 16.0 Å². The van der Waals surface area contributed by atoms with Crippen LogP contribution in [-0.4, -0.2) is 11.1 Å². The molecule has 18 heavy (non-hydrogen) atoms. The van der Waals surface area contributed by atoms with Gasteiger partial charge in [-0.2, -0.15) is 0 Å². The third-order valence-corrected chi connectivity index (χ3v) is 4.93. The van der Waals surface area contributed by atoms with Crippen molar-refractivity contribution in [3.63, 3.8) is 0 Å². The topological polar surface area (TPSA) is 37.3 Å². The zero-order valence-corrected chi connectivity index (χ0v) is 11.1. The minimum atomic E-state index is -0.897. The number of thiophene rings is 1. The van der Waals surface area contributed by atoms with Crippen LogP contribution < -0.4 is 0 Å². The summed E-state index contributed by atoms with van der Waals surface area (Å²) in [5, 5.41) is 11.1. The summed E-state index contributed by atoms with van der Waals surface area (Å²) >= 11 is 3.37. The second-order valence-electron chi connectivity index (χ2n) is 3.96. The van der Waals surface area contributed by atoms with Crippen LogP contribution in [0.2, 0.25) is 0 Å². The zero-order chi connectivity index (χ0) is 12.5. The Kier molecular flexibility index (Phi) is 2.97. The van der Waals surface area contributed by atoms with Crippen LogP contribution in [0.5, 0.6) is 0 Å². The molecule has 1 N–H and O–H groups in total. The number of benzene rings is 1. The molecular weight excluding hydrogens is 264 g/mol. The van der Waals surface area contributed by atoms with Gasteiger partial charge in [-0.05, 0) is 28.6 Å². The normalized spacial score (nSPS) is 15.9. The van der Waals surface area contributed by atoms with E-state index in [0.717, 1.165) is 26.7 Å². The van der Waals surface area contributed by atoms with Gasteiger partial charge in [0.1, 0.15) is 0 Å². The van der Waals surface area contributed by atoms with Gasteiger partial charge in [0, 0.05) is 27.2 Å². The first-order valence-corrected chi connectivity index (χ1v) is 7.36. The van der Waals surface area contributed by atoms with Crippen LogP contribution in [0.4, 0.5) is 0 Å². The van der Waals surface area contributed by atoms with Crippen molar-refractivity contribution in [1.29, 1.82) is 0 Å². The van der Waals surface area contributed by atoms with Gasteiger partial charge in [0.15, 0.2) is 0 Å². The van der Waals surface area contributed by atoms with Gasteiger partial charge in [0.25, 0.3) is 0 Å². The van der Waals surface area contributed by atoms with Crippen LogP contribution in [-0.2, 0) is 10.5 Å². The van der Waals surface area contributed by atoms with Crippen molar-refractivity contribution in [2.45, 2.75) is 10.6 Å². The molecule has 1 aromatic carbocycles. The van der Waals surface area contributed by atoms with Crippen molar-refractivity contribution in [3.8, 4) is 0 Å². The standard InChI is InChI=1S/C14H10O2S2/c15-13(16)7-11-10-3-1-2-4-12(10)18-8-9-5-6-17-14(9)11/h1-7H,8H2,(H,15,16)/b11-7-. The van der Waals surface area contributed by atoms with Gasteiger partial charge in [0.2, 0.25) is 0 Å². The first-order valence-electron chi connectivity index (χ1n) is 5.49. The number of hydrogen-bond acceptors (Lipinski definition) is 3. The highest BCUT2D eigenvalue weighted by molar-refractivity contribution is 7.98. The molecule has 2 aromatic rings. The fourth-order valence-corrected chi connectivity index (χ4v) is 4.15. The number of carboxylic acid groups (broad SMARTS) is 1. The number of carbonyl (C=O) groups is 1. The molecule has 4 heteroatoms. The Morgan fingerprint density at radius 1 is 1.28 bits per heavy atom. The van der Waals surface area contributed by atoms with Crippen LogP contribution in [0.3, 0.4) is 0 Å². The molecule has 1 aliphatic rings. The van der Waals surface area contributed by atoms with Crippen molar-refractivity contribution in [3.05, 3.63) is 57.8 Å². The fourth-order valence-electron chi connectivity index (χ4n) is 2.05. The molecule has 1 aromatic heterocycles. The number of rotatable bonds is 1. The SMILES string of the molecule is O=C(O)/C=C1/c2ccccc2SCc2ccsc21. The summed E-state index contributed by atoms with van der Waals surface area (Å²) in [7, 11) is 0. The molecule has 0 amide bonds. The van der Waals surface area contributed by atoms with Gasteiger partial charge in [-0.15, -0.1) is 23.1 Å². The first kappa shape index (κ1) is 11.6. The van der Waals surface area contributed by atoms with Crippen LogP contribution in [0, 0.1) is 0 Å². The average Bonchev–Trinajstić information content (AvgIpc) is 2.77. The van der Waals surface area contributed by atoms with E-state index in [4.69, 9.17) is 5.11 Å². The van der Waals surface area contributed by atoms with Gasteiger partial charge in [-0.25, -0.2) is 4.79 Å². The van der Waals surface area contributed by atoms with Crippen molar-refractivity contribution in [1.82, 2.24) is 0 Å². The predicted molar refractivity (Wildman–Crippen MR) is 75.0 cm³/mol. The highest BCUT2D eigenvalue weighted by Gasteiger charge is 2.20. The van der Waals surface area contributed by atoms with Crippen LogP contribution in [0.15, 0.2) is 46.7 Å². The second-order valence-corrected chi connectivity index (χ2v) is 5.89. The average molecular weight is 274 g/mol. The highest BCUT2D eigenvalue weighted by atomic mass is 32.2. The molecule has 0 bridgehead atoms. The molecule has 0 aliphatic carbocycles. The van der Waals surface area contributed by atoms with Gasteiger partial charge in [-0.3, -0.25) is 0 Å². The summed E-state index contributed by atoms with van der Waals surface area (Å²) in [5.74, 6) is -0.00153. The lowest BCUT2D eigenvalue weighted by Crippen LogP contribution is -1.94. The van der Waals surface area contributed by atoms with Gasteiger partial charge in [0.05, 0.1) is 0 Å². The lowest BCUT2D eigenvalue weighted by molar-refractivity contribution is -0.131. The van der Waals surface area contributed by atoms with Crippen LogP contribution >= 0.6 is 23.1 Å². The molecule has 2 heterocycles. The molecule has 0 atom stereocenters. The molecule has 90 valence electrons. The Morgan fingerprint density at radius 2 is 2.11 bits per heavy atom. The molecular formula is C14H10O2S2. The zero-order valence-electron chi connectivity index (χ0n) is 9.42. The van der Waals surface area contributed by atoms with E-state index in [2.05, 4.69) is 6.07 Å². The Labute approximate surface area is 113 Å². The van der Waals surface area contributed by atoms with E-state index in [9.17, 15) is 4.79 Å². The Hall–Kier alpha value is -1.52. The smallest absolute Gasteiger partial charge is 0.328 e. The summed E-state index contributed by atoms with van der Waals surface area (Å²) in [6, 6.07) is 10.1. The number of aliphatic carboxylic acids is 1. The third kappa shape index (κ3) is 1.98. The summed E-state index contributed by atoms with van der Waals surface area (Å²) < 4.78 is 0. The monoisotopic (exact) mass is 274 g/mol. The number of fused-ring (bicyclic) bond motifs is 2. The van der Waals surface area contributed by atoms with Gasteiger partial charge in [-0.1, -0.05) is 18.2 Å². The van der Waals surface area contributed by atoms with E-state index in [1.165, 1.54) is 11.6 Å². The van der Waals surface area contributed by atoms with Gasteiger partial charge >= 0.3 is 5.97 Å². The first-order chi connectivity index (χ1) is 8.75. The van der Waals surface area contributed by atoms with E-state index >= 15 is 0 Å². The van der Waals surface area contributed by atoms with Crippen molar-refractivity contribution in [2.24, 2.45) is 0 Å². The molecule has 2 nitrogen and oxygen atoms in total. The highest BCUT2D eigenvalue weighted by Crippen LogP contribution is 2.42. The Bertz CT molecular complexity index is 641. The molecule has 0 saturated carbocycles. The minimum Gasteiger partial charge on any atom is -0.478 e. The molecule has 3 rings (SSSR count). The quantitative estimate of drug-likeness (QED) is 0.802. The van der Waals surface area contributed by atoms with E-state index < -0.39 is 5.97 Å². The maximum absolute atomic E-state index is 11.0. The summed E-state index contributed by atoms with van der Waals surface area (Å²) in [6.07, 6.45) is 1.32.